The Bertz CT molecular complexity index is 419. The smallest absolute Gasteiger partial charge is 0.224 e. The van der Waals surface area contributed by atoms with Gasteiger partial charge in [-0.1, -0.05) is 26.2 Å². The molecule has 1 saturated carbocycles. The molecule has 0 amide bonds. The lowest BCUT2D eigenvalue weighted by molar-refractivity contribution is 0.0347. The van der Waals surface area contributed by atoms with Gasteiger partial charge in [-0.25, -0.2) is 4.98 Å². The molecule has 2 rings (SSSR count). The Morgan fingerprint density at radius 1 is 1.19 bits per heavy atom. The second kappa shape index (κ2) is 8.82. The van der Waals surface area contributed by atoms with Crippen LogP contribution in [0.3, 0.4) is 0 Å². The molecule has 0 radical (unpaired) electrons. The van der Waals surface area contributed by atoms with E-state index in [1.165, 1.54) is 32.1 Å². The summed E-state index contributed by atoms with van der Waals surface area (Å²) in [5, 5.41) is 6.56. The molecule has 1 fully saturated rings. The molecular weight excluding hydrogens is 264 g/mol. The number of nitrogens with one attached hydrogen (secondary N) is 2. The number of nitrogens with zero attached hydrogens (tertiary/aromatic N) is 2. The zero-order valence-corrected chi connectivity index (χ0v) is 13.3. The minimum absolute atomic E-state index is 0.467. The van der Waals surface area contributed by atoms with Crippen molar-refractivity contribution in [1.29, 1.82) is 0 Å². The van der Waals surface area contributed by atoms with Crippen molar-refractivity contribution in [2.45, 2.75) is 58.5 Å². The van der Waals surface area contributed by atoms with Crippen LogP contribution < -0.4 is 10.6 Å². The van der Waals surface area contributed by atoms with Crippen molar-refractivity contribution >= 4 is 11.8 Å². The highest BCUT2D eigenvalue weighted by atomic mass is 16.5. The molecule has 118 valence electrons. The van der Waals surface area contributed by atoms with E-state index < -0.39 is 0 Å². The lowest BCUT2D eigenvalue weighted by Gasteiger charge is -2.22. The predicted octanol–water partition coefficient (Wildman–Crippen LogP) is 3.37. The van der Waals surface area contributed by atoms with Gasteiger partial charge in [0.2, 0.25) is 5.95 Å². The molecule has 0 unspecified atom stereocenters. The van der Waals surface area contributed by atoms with Gasteiger partial charge in [-0.15, -0.1) is 0 Å². The van der Waals surface area contributed by atoms with E-state index in [-0.39, 0.29) is 0 Å². The molecule has 2 N–H and O–H groups in total. The number of anilines is 2. The maximum Gasteiger partial charge on any atom is 0.224 e. The van der Waals surface area contributed by atoms with Crippen molar-refractivity contribution in [2.75, 3.05) is 30.3 Å². The van der Waals surface area contributed by atoms with Crippen LogP contribution in [0.1, 0.15) is 51.0 Å². The Morgan fingerprint density at radius 3 is 2.76 bits per heavy atom. The van der Waals surface area contributed by atoms with E-state index >= 15 is 0 Å². The first-order chi connectivity index (χ1) is 10.3. The van der Waals surface area contributed by atoms with E-state index in [1.807, 2.05) is 13.1 Å². The third-order valence-corrected chi connectivity index (χ3v) is 3.81. The highest BCUT2D eigenvalue weighted by molar-refractivity contribution is 5.46. The maximum absolute atomic E-state index is 5.92. The Labute approximate surface area is 127 Å². The van der Waals surface area contributed by atoms with Crippen LogP contribution >= 0.6 is 0 Å². The first kappa shape index (κ1) is 16.0. The van der Waals surface area contributed by atoms with Crippen LogP contribution in [0.25, 0.3) is 0 Å². The van der Waals surface area contributed by atoms with Crippen molar-refractivity contribution in [2.24, 2.45) is 0 Å². The van der Waals surface area contributed by atoms with E-state index in [9.17, 15) is 0 Å². The van der Waals surface area contributed by atoms with Crippen LogP contribution in [0.4, 0.5) is 11.8 Å². The van der Waals surface area contributed by atoms with Crippen LogP contribution in [0.5, 0.6) is 0 Å². The summed E-state index contributed by atoms with van der Waals surface area (Å²) in [6.45, 7) is 6.58. The lowest BCUT2D eigenvalue weighted by atomic mass is 9.98. The molecule has 0 aromatic carbocycles. The summed E-state index contributed by atoms with van der Waals surface area (Å²) in [7, 11) is 0. The number of aromatic nitrogens is 2. The largest absolute Gasteiger partial charge is 0.376 e. The number of aryl methyl sites for hydroxylation is 1. The Morgan fingerprint density at radius 2 is 2.00 bits per heavy atom. The maximum atomic E-state index is 5.92. The van der Waals surface area contributed by atoms with E-state index in [2.05, 4.69) is 27.5 Å². The summed E-state index contributed by atoms with van der Waals surface area (Å²) in [6.07, 6.45) is 9.82. The number of hydrogen-bond donors (Lipinski definition) is 2. The van der Waals surface area contributed by atoms with Gasteiger partial charge in [-0.3, -0.25) is 0 Å². The van der Waals surface area contributed by atoms with Crippen LogP contribution in [0, 0.1) is 6.92 Å². The van der Waals surface area contributed by atoms with Gasteiger partial charge >= 0.3 is 0 Å². The number of hydrogen-bond acceptors (Lipinski definition) is 5. The van der Waals surface area contributed by atoms with Crippen LogP contribution in [0.2, 0.25) is 0 Å². The zero-order valence-electron chi connectivity index (χ0n) is 13.3. The van der Waals surface area contributed by atoms with Crippen molar-refractivity contribution in [3.8, 4) is 0 Å². The third-order valence-electron chi connectivity index (χ3n) is 3.81. The highest BCUT2D eigenvalue weighted by Gasteiger charge is 2.13. The minimum atomic E-state index is 0.467. The molecule has 0 atom stereocenters. The topological polar surface area (TPSA) is 59.1 Å². The Balaban J connectivity index is 1.73. The SMILES string of the molecule is CCCNc1ncc(C)c(NCCOC2CCCCC2)n1. The van der Waals surface area contributed by atoms with Gasteiger partial charge in [-0.05, 0) is 26.2 Å². The fourth-order valence-electron chi connectivity index (χ4n) is 2.57. The molecule has 1 aliphatic rings. The summed E-state index contributed by atoms with van der Waals surface area (Å²) in [5.41, 5.74) is 1.06. The highest BCUT2D eigenvalue weighted by Crippen LogP contribution is 2.20. The molecule has 5 nitrogen and oxygen atoms in total. The third kappa shape index (κ3) is 5.50. The van der Waals surface area contributed by atoms with Crippen molar-refractivity contribution in [3.05, 3.63) is 11.8 Å². The first-order valence-corrected chi connectivity index (χ1v) is 8.22. The summed E-state index contributed by atoms with van der Waals surface area (Å²) in [4.78, 5) is 8.79. The quantitative estimate of drug-likeness (QED) is 0.719. The van der Waals surface area contributed by atoms with E-state index in [1.54, 1.807) is 0 Å². The summed E-state index contributed by atoms with van der Waals surface area (Å²) < 4.78 is 5.92. The fraction of sp³-hybridized carbons (Fsp3) is 0.750. The second-order valence-corrected chi connectivity index (χ2v) is 5.71. The van der Waals surface area contributed by atoms with Gasteiger partial charge in [-0.2, -0.15) is 4.98 Å². The normalized spacial score (nSPS) is 15.9. The van der Waals surface area contributed by atoms with Crippen LogP contribution in [-0.4, -0.2) is 35.8 Å². The molecule has 0 aliphatic heterocycles. The molecule has 1 aromatic rings. The predicted molar refractivity (Wildman–Crippen MR) is 86.9 cm³/mol. The minimum Gasteiger partial charge on any atom is -0.376 e. The molecule has 21 heavy (non-hydrogen) atoms. The van der Waals surface area contributed by atoms with E-state index in [4.69, 9.17) is 4.74 Å². The van der Waals surface area contributed by atoms with Crippen molar-refractivity contribution < 1.29 is 4.74 Å². The molecular formula is C16H28N4O. The average Bonchev–Trinajstić information content (AvgIpc) is 2.53. The molecule has 1 heterocycles. The van der Waals surface area contributed by atoms with Gasteiger partial charge in [0, 0.05) is 24.8 Å². The molecule has 0 spiro atoms. The number of ether oxygens (including phenoxy) is 1. The zero-order chi connectivity index (χ0) is 14.9. The van der Waals surface area contributed by atoms with Crippen molar-refractivity contribution in [1.82, 2.24) is 9.97 Å². The Kier molecular flexibility index (Phi) is 6.73. The van der Waals surface area contributed by atoms with Gasteiger partial charge in [0.1, 0.15) is 5.82 Å². The van der Waals surface area contributed by atoms with Crippen LogP contribution in [0.15, 0.2) is 6.20 Å². The fourth-order valence-corrected chi connectivity index (χ4v) is 2.57. The monoisotopic (exact) mass is 292 g/mol. The molecule has 0 saturated heterocycles. The van der Waals surface area contributed by atoms with E-state index in [0.29, 0.717) is 12.1 Å². The lowest BCUT2D eigenvalue weighted by Crippen LogP contribution is -2.21. The van der Waals surface area contributed by atoms with Gasteiger partial charge < -0.3 is 15.4 Å². The summed E-state index contributed by atoms with van der Waals surface area (Å²) >= 11 is 0. The molecule has 0 bridgehead atoms. The van der Waals surface area contributed by atoms with E-state index in [0.717, 1.165) is 37.5 Å². The summed E-state index contributed by atoms with van der Waals surface area (Å²) in [6, 6.07) is 0. The average molecular weight is 292 g/mol. The molecule has 5 heteroatoms. The molecule has 1 aromatic heterocycles. The van der Waals surface area contributed by atoms with Crippen molar-refractivity contribution in [3.63, 3.8) is 0 Å². The Hall–Kier alpha value is -1.36. The van der Waals surface area contributed by atoms with Gasteiger partial charge in [0.05, 0.1) is 12.7 Å². The van der Waals surface area contributed by atoms with Gasteiger partial charge in [0.15, 0.2) is 0 Å². The van der Waals surface area contributed by atoms with Gasteiger partial charge in [0.25, 0.3) is 0 Å². The van der Waals surface area contributed by atoms with Crippen LogP contribution in [-0.2, 0) is 4.74 Å². The first-order valence-electron chi connectivity index (χ1n) is 8.22. The summed E-state index contributed by atoms with van der Waals surface area (Å²) in [5.74, 6) is 1.59. The number of rotatable bonds is 8. The second-order valence-electron chi connectivity index (χ2n) is 5.71. The standard InChI is InChI=1S/C16H28N4O/c1-3-9-18-16-19-12-13(2)15(20-16)17-10-11-21-14-7-5-4-6-8-14/h12,14H,3-11H2,1-2H3,(H2,17,18,19,20). The molecule has 1 aliphatic carbocycles.